The highest BCUT2D eigenvalue weighted by atomic mass is 32.1. The van der Waals surface area contributed by atoms with Crippen molar-refractivity contribution in [1.82, 2.24) is 15.2 Å². The average Bonchev–Trinajstić information content (AvgIpc) is 3.41. The number of hydrogen-bond acceptors (Lipinski definition) is 7. The molecule has 1 atom stereocenters. The fourth-order valence-corrected chi connectivity index (χ4v) is 3.57. The lowest BCUT2D eigenvalue weighted by Crippen LogP contribution is -2.38. The summed E-state index contributed by atoms with van der Waals surface area (Å²) in [6.07, 6.45) is 2.58. The number of amides is 2. The van der Waals surface area contributed by atoms with Gasteiger partial charge in [0, 0.05) is 24.8 Å². The zero-order valence-corrected chi connectivity index (χ0v) is 14.1. The molecule has 1 saturated heterocycles. The van der Waals surface area contributed by atoms with Crippen LogP contribution in [0.25, 0.3) is 0 Å². The summed E-state index contributed by atoms with van der Waals surface area (Å²) in [6, 6.07) is 3.55. The van der Waals surface area contributed by atoms with Crippen LogP contribution in [0.1, 0.15) is 29.1 Å². The lowest BCUT2D eigenvalue weighted by Gasteiger charge is -2.21. The number of aromatic nitrogens is 1. The molecule has 130 valence electrons. The quantitative estimate of drug-likeness (QED) is 0.889. The number of rotatable bonds is 4. The Balaban J connectivity index is 1.33. The molecule has 2 aromatic rings. The van der Waals surface area contributed by atoms with E-state index in [1.54, 1.807) is 34.2 Å². The Morgan fingerprint density at radius 2 is 2.36 bits per heavy atom. The lowest BCUT2D eigenvalue weighted by atomic mass is 9.96. The van der Waals surface area contributed by atoms with Gasteiger partial charge in [0.1, 0.15) is 17.2 Å². The minimum atomic E-state index is -0.608. The fraction of sp³-hybridized carbons (Fsp3) is 0.375. The topological polar surface area (TPSA) is 97.0 Å². The van der Waals surface area contributed by atoms with Crippen molar-refractivity contribution in [3.05, 3.63) is 40.7 Å². The van der Waals surface area contributed by atoms with Gasteiger partial charge in [0.15, 0.2) is 5.60 Å². The Hall–Kier alpha value is -2.68. The van der Waals surface area contributed by atoms with E-state index in [9.17, 15) is 9.59 Å². The van der Waals surface area contributed by atoms with E-state index >= 15 is 0 Å². The molecule has 4 heterocycles. The molecule has 1 fully saturated rings. The molecule has 0 saturated carbocycles. The van der Waals surface area contributed by atoms with Gasteiger partial charge in [0.05, 0.1) is 24.9 Å². The zero-order valence-electron chi connectivity index (χ0n) is 13.3. The van der Waals surface area contributed by atoms with Crippen molar-refractivity contribution in [2.75, 3.05) is 13.1 Å². The van der Waals surface area contributed by atoms with Crippen molar-refractivity contribution in [2.45, 2.75) is 25.0 Å². The summed E-state index contributed by atoms with van der Waals surface area (Å²) in [4.78, 5) is 35.9. The van der Waals surface area contributed by atoms with Crippen LogP contribution in [0.15, 0.2) is 38.9 Å². The van der Waals surface area contributed by atoms with E-state index in [-0.39, 0.29) is 11.8 Å². The molecule has 0 aromatic carbocycles. The van der Waals surface area contributed by atoms with Crippen LogP contribution in [0.4, 0.5) is 0 Å². The number of likely N-dealkylation sites (tertiary alicyclic amines) is 1. The average molecular weight is 360 g/mol. The van der Waals surface area contributed by atoms with Crippen LogP contribution in [-0.4, -0.2) is 46.1 Å². The third-order valence-corrected chi connectivity index (χ3v) is 4.95. The Bertz CT molecular complexity index is 802. The standard InChI is InChI=1S/C16H16N4O4S/c21-14(17-7-11-2-1-5-23-11)12-6-16(24-19-12)3-4-20(9-16)15(22)13-8-25-10-18-13/h1-2,5,8,10H,3-4,6-7,9H2,(H,17,21)/t16-/m0/s1. The Kier molecular flexibility index (Phi) is 4.00. The Morgan fingerprint density at radius 3 is 3.12 bits per heavy atom. The second-order valence-electron chi connectivity index (χ2n) is 6.10. The second kappa shape index (κ2) is 6.32. The fourth-order valence-electron chi connectivity index (χ4n) is 3.04. The van der Waals surface area contributed by atoms with Crippen LogP contribution in [-0.2, 0) is 16.2 Å². The number of oxime groups is 1. The summed E-state index contributed by atoms with van der Waals surface area (Å²) in [6.45, 7) is 1.27. The van der Waals surface area contributed by atoms with Crippen molar-refractivity contribution in [2.24, 2.45) is 5.16 Å². The van der Waals surface area contributed by atoms with Crippen LogP contribution < -0.4 is 5.32 Å². The van der Waals surface area contributed by atoms with Gasteiger partial charge in [-0.25, -0.2) is 4.98 Å². The molecule has 0 aliphatic carbocycles. The molecule has 0 radical (unpaired) electrons. The van der Waals surface area contributed by atoms with Crippen LogP contribution in [0.2, 0.25) is 0 Å². The largest absolute Gasteiger partial charge is 0.467 e. The van der Waals surface area contributed by atoms with Gasteiger partial charge < -0.3 is 19.5 Å². The van der Waals surface area contributed by atoms with Crippen molar-refractivity contribution < 1.29 is 18.8 Å². The first-order valence-corrected chi connectivity index (χ1v) is 8.83. The van der Waals surface area contributed by atoms with Gasteiger partial charge in [-0.2, -0.15) is 0 Å². The van der Waals surface area contributed by atoms with Crippen molar-refractivity contribution in [3.8, 4) is 0 Å². The molecule has 4 rings (SSSR count). The van der Waals surface area contributed by atoms with E-state index in [0.717, 1.165) is 0 Å². The maximum absolute atomic E-state index is 12.4. The minimum absolute atomic E-state index is 0.113. The number of carbonyl (C=O) groups is 2. The minimum Gasteiger partial charge on any atom is -0.467 e. The maximum Gasteiger partial charge on any atom is 0.273 e. The Labute approximate surface area is 147 Å². The second-order valence-corrected chi connectivity index (χ2v) is 6.82. The number of nitrogens with zero attached hydrogens (tertiary/aromatic N) is 3. The number of furan rings is 1. The molecule has 1 N–H and O–H groups in total. The van der Waals surface area contributed by atoms with Crippen LogP contribution in [0.5, 0.6) is 0 Å². The molecule has 25 heavy (non-hydrogen) atoms. The molecule has 2 amide bonds. The zero-order chi connectivity index (χ0) is 17.3. The van der Waals surface area contributed by atoms with Gasteiger partial charge >= 0.3 is 0 Å². The molecular weight excluding hydrogens is 344 g/mol. The Morgan fingerprint density at radius 1 is 1.44 bits per heavy atom. The summed E-state index contributed by atoms with van der Waals surface area (Å²) < 4.78 is 5.18. The van der Waals surface area contributed by atoms with Crippen molar-refractivity contribution >= 4 is 28.9 Å². The van der Waals surface area contributed by atoms with E-state index in [2.05, 4.69) is 15.5 Å². The first-order valence-electron chi connectivity index (χ1n) is 7.88. The van der Waals surface area contributed by atoms with Crippen LogP contribution >= 0.6 is 11.3 Å². The number of nitrogens with one attached hydrogen (secondary N) is 1. The van der Waals surface area contributed by atoms with E-state index < -0.39 is 5.60 Å². The normalized spacial score (nSPS) is 22.1. The molecular formula is C16H16N4O4S. The van der Waals surface area contributed by atoms with Gasteiger partial charge in [0.2, 0.25) is 0 Å². The highest BCUT2D eigenvalue weighted by molar-refractivity contribution is 7.07. The summed E-state index contributed by atoms with van der Waals surface area (Å²) >= 11 is 1.39. The third kappa shape index (κ3) is 3.14. The number of hydrogen-bond donors (Lipinski definition) is 1. The van der Waals surface area contributed by atoms with Crippen molar-refractivity contribution in [3.63, 3.8) is 0 Å². The van der Waals surface area contributed by atoms with E-state index in [1.807, 2.05) is 0 Å². The predicted octanol–water partition coefficient (Wildman–Crippen LogP) is 1.41. The lowest BCUT2D eigenvalue weighted by molar-refractivity contribution is -0.115. The van der Waals surface area contributed by atoms with Gasteiger partial charge in [-0.05, 0) is 12.1 Å². The molecule has 2 aliphatic heterocycles. The summed E-state index contributed by atoms with van der Waals surface area (Å²) in [5, 5.41) is 8.44. The molecule has 0 bridgehead atoms. The highest BCUT2D eigenvalue weighted by Gasteiger charge is 2.48. The van der Waals surface area contributed by atoms with Gasteiger partial charge in [-0.1, -0.05) is 5.16 Å². The van der Waals surface area contributed by atoms with Crippen LogP contribution in [0, 0.1) is 0 Å². The van der Waals surface area contributed by atoms with Crippen molar-refractivity contribution in [1.29, 1.82) is 0 Å². The number of carbonyl (C=O) groups excluding carboxylic acids is 2. The van der Waals surface area contributed by atoms with Gasteiger partial charge in [-0.3, -0.25) is 9.59 Å². The molecule has 1 spiro atoms. The van der Waals surface area contributed by atoms with Gasteiger partial charge in [0.25, 0.3) is 11.8 Å². The molecule has 8 nitrogen and oxygen atoms in total. The number of thiazole rings is 1. The SMILES string of the molecule is O=C(NCc1ccco1)C1=NO[C@@]2(CCN(C(=O)c3cscn3)C2)C1. The monoisotopic (exact) mass is 360 g/mol. The highest BCUT2D eigenvalue weighted by Crippen LogP contribution is 2.34. The predicted molar refractivity (Wildman–Crippen MR) is 89.1 cm³/mol. The first-order chi connectivity index (χ1) is 12.2. The van der Waals surface area contributed by atoms with E-state index in [1.165, 1.54) is 11.3 Å². The maximum atomic E-state index is 12.4. The first kappa shape index (κ1) is 15.8. The smallest absolute Gasteiger partial charge is 0.273 e. The summed E-state index contributed by atoms with van der Waals surface area (Å²) in [5.74, 6) is 0.276. The molecule has 2 aliphatic rings. The van der Waals surface area contributed by atoms with Gasteiger partial charge in [-0.15, -0.1) is 11.3 Å². The molecule has 0 unspecified atom stereocenters. The van der Waals surface area contributed by atoms with E-state index in [4.69, 9.17) is 9.25 Å². The molecule has 9 heteroatoms. The van der Waals surface area contributed by atoms with E-state index in [0.29, 0.717) is 49.6 Å². The van der Waals surface area contributed by atoms with Crippen LogP contribution in [0.3, 0.4) is 0 Å². The third-order valence-electron chi connectivity index (χ3n) is 4.36. The summed E-state index contributed by atoms with van der Waals surface area (Å²) in [5.41, 5.74) is 1.81. The molecule has 2 aromatic heterocycles. The summed E-state index contributed by atoms with van der Waals surface area (Å²) in [7, 11) is 0.